The largest absolute Gasteiger partial charge is 0.478 e. The number of unbranched alkanes of at least 4 members (excludes halogenated alkanes) is 20. The van der Waals surface area contributed by atoms with E-state index in [1.165, 1.54) is 43.9 Å². The van der Waals surface area contributed by atoms with Crippen LogP contribution in [-0.2, 0) is 30.5 Å². The predicted octanol–water partition coefficient (Wildman–Crippen LogP) is 20.8. The normalized spacial score (nSPS) is 14.4. The molecule has 10 heteroatoms. The minimum Gasteiger partial charge on any atom is -0.478 e. The number of hydrogen-bond acceptors (Lipinski definition) is 5. The molecule has 6 nitrogen and oxygen atoms in total. The molecule has 426 valence electrons. The maximum absolute atomic E-state index is 16.9. The second-order valence-electron chi connectivity index (χ2n) is 21.6. The summed E-state index contributed by atoms with van der Waals surface area (Å²) in [4.78, 5) is 12.9. The van der Waals surface area contributed by atoms with Crippen LogP contribution < -0.4 is 0 Å². The quantitative estimate of drug-likeness (QED) is 0.0185. The number of fused-ring (bicyclic) bond motifs is 6. The Labute approximate surface area is 469 Å². The number of aromatic carboxylic acids is 1. The highest BCUT2D eigenvalue weighted by molar-refractivity contribution is 5.99. The maximum Gasteiger partial charge on any atom is 0.336 e. The third-order valence-corrected chi connectivity index (χ3v) is 15.7. The summed E-state index contributed by atoms with van der Waals surface area (Å²) in [6.45, 7) is 10.3. The second kappa shape index (κ2) is 31.0. The highest BCUT2D eigenvalue weighted by atomic mass is 19.2. The molecule has 7 rings (SSSR count). The van der Waals surface area contributed by atoms with Crippen molar-refractivity contribution in [2.45, 2.75) is 193 Å². The zero-order valence-electron chi connectivity index (χ0n) is 47.6. The molecule has 0 atom stereocenters. The van der Waals surface area contributed by atoms with Gasteiger partial charge in [0.2, 0.25) is 11.6 Å². The van der Waals surface area contributed by atoms with Gasteiger partial charge in [0.25, 0.3) is 0 Å². The zero-order chi connectivity index (χ0) is 56.0. The monoisotopic (exact) mass is 1090 g/mol. The van der Waals surface area contributed by atoms with E-state index in [1.54, 1.807) is 18.2 Å². The standard InChI is InChI=1S/C69H86F4O6/c1-5-9-13-17-21-29-43-76-68(77-44-30-22-18-14-10-6-2)59-35-27-25-33-53(59)55-40-37-51(48-61(55)68)64(71)63(70)50-39-42-57(58(47-50)67(74)75)66(73)65(72)52-38-41-56-54-34-26-28-36-60(54)69(62(56)49-52,78-45-31-23-19-15-11-7-3)79-46-32-24-20-16-12-8-4/h25-28,33-42,47-49H,5-24,29-32,43-46H2,1-4H3,(H,74,75)/b64-63+,66-65+. The zero-order valence-corrected chi connectivity index (χ0v) is 47.6. The Hall–Kier alpha value is -5.39. The van der Waals surface area contributed by atoms with Gasteiger partial charge in [-0.3, -0.25) is 0 Å². The lowest BCUT2D eigenvalue weighted by molar-refractivity contribution is -0.216. The molecule has 0 amide bonds. The Morgan fingerprint density at radius 1 is 0.354 bits per heavy atom. The molecule has 0 aliphatic heterocycles. The molecule has 0 spiro atoms. The van der Waals surface area contributed by atoms with Crippen LogP contribution in [0.25, 0.3) is 45.6 Å². The van der Waals surface area contributed by atoms with Gasteiger partial charge in [-0.1, -0.05) is 241 Å². The first kappa shape index (κ1) is 61.2. The number of rotatable bonds is 37. The molecule has 2 aliphatic carbocycles. The molecular formula is C69H86F4O6. The average Bonchev–Trinajstić information content (AvgIpc) is 3.94. The highest BCUT2D eigenvalue weighted by Crippen LogP contribution is 2.53. The molecule has 0 unspecified atom stereocenters. The molecular weight excluding hydrogens is 1000 g/mol. The van der Waals surface area contributed by atoms with Crippen LogP contribution in [0.4, 0.5) is 17.6 Å². The van der Waals surface area contributed by atoms with Gasteiger partial charge in [0.15, 0.2) is 23.3 Å². The molecule has 0 heterocycles. The minimum atomic E-state index is -1.65. The fourth-order valence-corrected chi connectivity index (χ4v) is 11.3. The summed E-state index contributed by atoms with van der Waals surface area (Å²) in [6.07, 6.45) is 25.4. The van der Waals surface area contributed by atoms with Gasteiger partial charge in [0.05, 0.1) is 32.0 Å². The van der Waals surface area contributed by atoms with Crippen LogP contribution in [0, 0.1) is 0 Å². The van der Waals surface area contributed by atoms with Crippen LogP contribution in [0.5, 0.6) is 0 Å². The Bertz CT molecular complexity index is 2780. The van der Waals surface area contributed by atoms with Gasteiger partial charge in [-0.05, 0) is 66.1 Å². The molecule has 0 radical (unpaired) electrons. The van der Waals surface area contributed by atoms with Gasteiger partial charge < -0.3 is 24.1 Å². The number of ether oxygens (including phenoxy) is 4. The van der Waals surface area contributed by atoms with Crippen LogP contribution in [0.2, 0.25) is 0 Å². The lowest BCUT2D eigenvalue weighted by atomic mass is 9.97. The van der Waals surface area contributed by atoms with Crippen molar-refractivity contribution < 1.29 is 46.4 Å². The van der Waals surface area contributed by atoms with Crippen LogP contribution in [0.15, 0.2) is 103 Å². The number of hydrogen-bond donors (Lipinski definition) is 1. The lowest BCUT2D eigenvalue weighted by Crippen LogP contribution is -2.33. The van der Waals surface area contributed by atoms with E-state index in [-0.39, 0.29) is 11.1 Å². The molecule has 0 fully saturated rings. The van der Waals surface area contributed by atoms with E-state index in [1.807, 2.05) is 48.5 Å². The van der Waals surface area contributed by atoms with E-state index in [4.69, 9.17) is 18.9 Å². The Morgan fingerprint density at radius 3 is 1.03 bits per heavy atom. The van der Waals surface area contributed by atoms with E-state index in [9.17, 15) is 9.90 Å². The molecule has 1 N–H and O–H groups in total. The SMILES string of the molecule is CCCCCCCCOC1(OCCCCCCCC)c2ccccc2-c2ccc(/C(F)=C(\F)c3ccc(/C(F)=C(\F)c4ccc5c(c4)C(OCCCCCCCC)(OCCCCCCCC)c4ccccc4-5)c(C(=O)O)c3)cc21. The van der Waals surface area contributed by atoms with Crippen molar-refractivity contribution >= 4 is 29.3 Å². The van der Waals surface area contributed by atoms with Crippen molar-refractivity contribution in [1.82, 2.24) is 0 Å². The number of benzene rings is 5. The van der Waals surface area contributed by atoms with Gasteiger partial charge in [0.1, 0.15) is 0 Å². The number of halogens is 4. The van der Waals surface area contributed by atoms with Crippen LogP contribution in [-0.4, -0.2) is 37.5 Å². The fourth-order valence-electron chi connectivity index (χ4n) is 11.3. The molecule has 0 saturated carbocycles. The summed E-state index contributed by atoms with van der Waals surface area (Å²) in [6, 6.07) is 27.9. The van der Waals surface area contributed by atoms with Gasteiger partial charge >= 0.3 is 5.97 Å². The van der Waals surface area contributed by atoms with Crippen LogP contribution in [0.3, 0.4) is 0 Å². The van der Waals surface area contributed by atoms with Crippen molar-refractivity contribution in [2.75, 3.05) is 26.4 Å². The molecule has 5 aromatic carbocycles. The number of carboxylic acid groups (broad SMARTS) is 1. The number of carboxylic acids is 1. The van der Waals surface area contributed by atoms with Gasteiger partial charge in [-0.25, -0.2) is 22.4 Å². The van der Waals surface area contributed by atoms with Crippen molar-refractivity contribution in [2.24, 2.45) is 0 Å². The smallest absolute Gasteiger partial charge is 0.336 e. The van der Waals surface area contributed by atoms with Crippen molar-refractivity contribution in [3.8, 4) is 22.3 Å². The summed E-state index contributed by atoms with van der Waals surface area (Å²) in [7, 11) is 0. The predicted molar refractivity (Wildman–Crippen MR) is 314 cm³/mol. The highest BCUT2D eigenvalue weighted by Gasteiger charge is 2.47. The minimum absolute atomic E-state index is 0.112. The molecule has 0 aromatic heterocycles. The maximum atomic E-state index is 16.9. The molecule has 0 bridgehead atoms. The van der Waals surface area contributed by atoms with E-state index in [2.05, 4.69) is 27.7 Å². The molecule has 79 heavy (non-hydrogen) atoms. The first-order valence-electron chi connectivity index (χ1n) is 30.1. The molecule has 5 aromatic rings. The van der Waals surface area contributed by atoms with E-state index >= 15 is 17.6 Å². The third-order valence-electron chi connectivity index (χ3n) is 15.7. The topological polar surface area (TPSA) is 74.2 Å². The van der Waals surface area contributed by atoms with Crippen molar-refractivity contribution in [1.29, 1.82) is 0 Å². The average molecular weight is 1090 g/mol. The first-order chi connectivity index (χ1) is 38.6. The summed E-state index contributed by atoms with van der Waals surface area (Å²) >= 11 is 0. The summed E-state index contributed by atoms with van der Waals surface area (Å²) < 4.78 is 94.4. The summed E-state index contributed by atoms with van der Waals surface area (Å²) in [5, 5.41) is 10.5. The second-order valence-corrected chi connectivity index (χ2v) is 21.6. The molecule has 0 saturated heterocycles. The fraction of sp³-hybridized carbons (Fsp3) is 0.493. The van der Waals surface area contributed by atoms with E-state index in [0.717, 1.165) is 180 Å². The van der Waals surface area contributed by atoms with Crippen molar-refractivity contribution in [3.05, 3.63) is 153 Å². The summed E-state index contributed by atoms with van der Waals surface area (Å²) in [5.74, 6) is -9.82. The Morgan fingerprint density at radius 2 is 0.658 bits per heavy atom. The van der Waals surface area contributed by atoms with Crippen LogP contribution in [0.1, 0.15) is 237 Å². The van der Waals surface area contributed by atoms with E-state index < -0.39 is 57.5 Å². The third kappa shape index (κ3) is 15.0. The molecule has 2 aliphatic rings. The Kier molecular flexibility index (Phi) is 24.0. The van der Waals surface area contributed by atoms with Gasteiger partial charge in [-0.2, -0.15) is 0 Å². The first-order valence-corrected chi connectivity index (χ1v) is 30.1. The lowest BCUT2D eigenvalue weighted by Gasteiger charge is -2.32. The van der Waals surface area contributed by atoms with Crippen LogP contribution >= 0.6 is 0 Å². The van der Waals surface area contributed by atoms with Gasteiger partial charge in [-0.15, -0.1) is 0 Å². The van der Waals surface area contributed by atoms with Gasteiger partial charge in [0, 0.05) is 44.5 Å². The number of carbonyl (C=O) groups is 1. The van der Waals surface area contributed by atoms with Crippen molar-refractivity contribution in [3.63, 3.8) is 0 Å². The Balaban J connectivity index is 1.19. The summed E-state index contributed by atoms with van der Waals surface area (Å²) in [5.41, 5.74) is 3.86. The van der Waals surface area contributed by atoms with E-state index in [0.29, 0.717) is 37.6 Å².